The second-order valence-corrected chi connectivity index (χ2v) is 5.84. The fraction of sp³-hybridized carbons (Fsp3) is 0.500. The van der Waals surface area contributed by atoms with E-state index in [1.165, 1.54) is 6.42 Å². The molecule has 1 unspecified atom stereocenters. The SMILES string of the molecule is CC(NC(=S)NC(=O)C1CCCCC1)c1ccccc1. The van der Waals surface area contributed by atoms with E-state index in [9.17, 15) is 4.79 Å². The predicted octanol–water partition coefficient (Wildman–Crippen LogP) is 3.32. The largest absolute Gasteiger partial charge is 0.356 e. The molecule has 1 fully saturated rings. The van der Waals surface area contributed by atoms with Crippen LogP contribution in [0.4, 0.5) is 0 Å². The van der Waals surface area contributed by atoms with E-state index in [-0.39, 0.29) is 17.9 Å². The van der Waals surface area contributed by atoms with Gasteiger partial charge in [0.25, 0.3) is 0 Å². The van der Waals surface area contributed by atoms with Crippen LogP contribution >= 0.6 is 12.2 Å². The second-order valence-electron chi connectivity index (χ2n) is 5.43. The molecule has 1 aromatic carbocycles. The number of hydrogen-bond acceptors (Lipinski definition) is 2. The number of carbonyl (C=O) groups is 1. The third-order valence-electron chi connectivity index (χ3n) is 3.86. The molecule has 1 aromatic rings. The van der Waals surface area contributed by atoms with Crippen LogP contribution in [0.3, 0.4) is 0 Å². The average Bonchev–Trinajstić information content (AvgIpc) is 2.49. The van der Waals surface area contributed by atoms with Gasteiger partial charge in [0, 0.05) is 5.92 Å². The first kappa shape index (κ1) is 15.0. The molecule has 0 bridgehead atoms. The molecule has 4 heteroatoms. The molecule has 0 aliphatic heterocycles. The fourth-order valence-electron chi connectivity index (χ4n) is 2.64. The van der Waals surface area contributed by atoms with Gasteiger partial charge in [0.15, 0.2) is 5.11 Å². The number of nitrogens with one attached hydrogen (secondary N) is 2. The summed E-state index contributed by atoms with van der Waals surface area (Å²) >= 11 is 5.23. The summed E-state index contributed by atoms with van der Waals surface area (Å²) < 4.78 is 0. The third kappa shape index (κ3) is 4.30. The molecule has 0 spiro atoms. The third-order valence-corrected chi connectivity index (χ3v) is 4.08. The van der Waals surface area contributed by atoms with Crippen molar-refractivity contribution >= 4 is 23.2 Å². The first-order valence-electron chi connectivity index (χ1n) is 7.33. The van der Waals surface area contributed by atoms with Crippen LogP contribution in [-0.4, -0.2) is 11.0 Å². The number of benzene rings is 1. The van der Waals surface area contributed by atoms with Crippen LogP contribution in [0.1, 0.15) is 50.6 Å². The standard InChI is InChI=1S/C16H22N2OS/c1-12(13-8-4-2-5-9-13)17-16(20)18-15(19)14-10-6-3-7-11-14/h2,4-5,8-9,12,14H,3,6-7,10-11H2,1H3,(H2,17,18,19,20). The van der Waals surface area contributed by atoms with E-state index in [4.69, 9.17) is 12.2 Å². The molecule has 1 aliphatic carbocycles. The maximum absolute atomic E-state index is 12.1. The summed E-state index contributed by atoms with van der Waals surface area (Å²) in [6.45, 7) is 2.04. The van der Waals surface area contributed by atoms with Crippen LogP contribution in [0, 0.1) is 5.92 Å². The maximum Gasteiger partial charge on any atom is 0.229 e. The summed E-state index contributed by atoms with van der Waals surface area (Å²) in [5.41, 5.74) is 1.15. The highest BCUT2D eigenvalue weighted by atomic mass is 32.1. The van der Waals surface area contributed by atoms with E-state index in [0.29, 0.717) is 5.11 Å². The first-order valence-corrected chi connectivity index (χ1v) is 7.74. The molecular weight excluding hydrogens is 268 g/mol. The van der Waals surface area contributed by atoms with Crippen molar-refractivity contribution in [1.29, 1.82) is 0 Å². The van der Waals surface area contributed by atoms with Gasteiger partial charge in [0.1, 0.15) is 0 Å². The summed E-state index contributed by atoms with van der Waals surface area (Å²) in [4.78, 5) is 12.1. The minimum Gasteiger partial charge on any atom is -0.356 e. The molecule has 1 amide bonds. The zero-order valence-electron chi connectivity index (χ0n) is 11.9. The highest BCUT2D eigenvalue weighted by Crippen LogP contribution is 2.23. The Kier molecular flexibility index (Phi) is 5.53. The van der Waals surface area contributed by atoms with Crippen LogP contribution in [-0.2, 0) is 4.79 Å². The molecule has 20 heavy (non-hydrogen) atoms. The summed E-state index contributed by atoms with van der Waals surface area (Å²) in [6.07, 6.45) is 5.53. The Balaban J connectivity index is 1.81. The van der Waals surface area contributed by atoms with E-state index >= 15 is 0 Å². The van der Waals surface area contributed by atoms with Crippen LogP contribution in [0.15, 0.2) is 30.3 Å². The minimum atomic E-state index is 0.0717. The van der Waals surface area contributed by atoms with Gasteiger partial charge in [0.05, 0.1) is 6.04 Å². The number of hydrogen-bond donors (Lipinski definition) is 2. The minimum absolute atomic E-state index is 0.0717. The van der Waals surface area contributed by atoms with E-state index in [0.717, 1.165) is 31.2 Å². The first-order chi connectivity index (χ1) is 9.66. The topological polar surface area (TPSA) is 41.1 Å². The van der Waals surface area contributed by atoms with Gasteiger partial charge in [-0.1, -0.05) is 49.6 Å². The van der Waals surface area contributed by atoms with Crippen LogP contribution < -0.4 is 10.6 Å². The van der Waals surface area contributed by atoms with Crippen molar-refractivity contribution in [2.45, 2.75) is 45.1 Å². The Morgan fingerprint density at radius 3 is 2.50 bits per heavy atom. The molecule has 108 valence electrons. The van der Waals surface area contributed by atoms with Gasteiger partial charge >= 0.3 is 0 Å². The molecule has 1 aliphatic rings. The van der Waals surface area contributed by atoms with Crippen molar-refractivity contribution in [3.05, 3.63) is 35.9 Å². The van der Waals surface area contributed by atoms with Crippen LogP contribution in [0.5, 0.6) is 0 Å². The maximum atomic E-state index is 12.1. The van der Waals surface area contributed by atoms with Crippen molar-refractivity contribution in [2.75, 3.05) is 0 Å². The molecule has 2 rings (SSSR count). The summed E-state index contributed by atoms with van der Waals surface area (Å²) in [6, 6.07) is 10.2. The van der Waals surface area contributed by atoms with E-state index < -0.39 is 0 Å². The van der Waals surface area contributed by atoms with E-state index in [1.54, 1.807) is 0 Å². The Morgan fingerprint density at radius 2 is 1.85 bits per heavy atom. The van der Waals surface area contributed by atoms with E-state index in [1.807, 2.05) is 37.3 Å². The highest BCUT2D eigenvalue weighted by Gasteiger charge is 2.21. The van der Waals surface area contributed by atoms with Crippen molar-refractivity contribution in [3.8, 4) is 0 Å². The molecule has 1 atom stereocenters. The normalized spacial score (nSPS) is 17.2. The highest BCUT2D eigenvalue weighted by molar-refractivity contribution is 7.80. The van der Waals surface area contributed by atoms with Gasteiger partial charge in [0.2, 0.25) is 5.91 Å². The van der Waals surface area contributed by atoms with Crippen molar-refractivity contribution in [3.63, 3.8) is 0 Å². The molecular formula is C16H22N2OS. The van der Waals surface area contributed by atoms with Gasteiger partial charge in [-0.3, -0.25) is 4.79 Å². The Morgan fingerprint density at radius 1 is 1.20 bits per heavy atom. The number of carbonyl (C=O) groups excluding carboxylic acids is 1. The number of rotatable bonds is 3. The molecule has 0 radical (unpaired) electrons. The van der Waals surface area contributed by atoms with Crippen LogP contribution in [0.25, 0.3) is 0 Å². The quantitative estimate of drug-likeness (QED) is 0.839. The van der Waals surface area contributed by atoms with Gasteiger partial charge < -0.3 is 10.6 Å². The molecule has 2 N–H and O–H groups in total. The lowest BCUT2D eigenvalue weighted by Gasteiger charge is -2.22. The van der Waals surface area contributed by atoms with Gasteiger partial charge in [-0.05, 0) is 37.5 Å². The molecule has 0 aromatic heterocycles. The lowest BCUT2D eigenvalue weighted by atomic mass is 9.89. The molecule has 3 nitrogen and oxygen atoms in total. The summed E-state index contributed by atoms with van der Waals surface area (Å²) in [7, 11) is 0. The molecule has 0 saturated heterocycles. The Labute approximate surface area is 126 Å². The summed E-state index contributed by atoms with van der Waals surface area (Å²) in [5.74, 6) is 0.206. The monoisotopic (exact) mass is 290 g/mol. The Hall–Kier alpha value is -1.42. The smallest absolute Gasteiger partial charge is 0.229 e. The van der Waals surface area contributed by atoms with Crippen molar-refractivity contribution in [2.24, 2.45) is 5.92 Å². The number of thiocarbonyl (C=S) groups is 1. The predicted molar refractivity (Wildman–Crippen MR) is 85.3 cm³/mol. The summed E-state index contributed by atoms with van der Waals surface area (Å²) in [5, 5.41) is 6.43. The van der Waals surface area contributed by atoms with Gasteiger partial charge in [-0.25, -0.2) is 0 Å². The van der Waals surface area contributed by atoms with Gasteiger partial charge in [-0.15, -0.1) is 0 Å². The van der Waals surface area contributed by atoms with Gasteiger partial charge in [-0.2, -0.15) is 0 Å². The van der Waals surface area contributed by atoms with Crippen LogP contribution in [0.2, 0.25) is 0 Å². The fourth-order valence-corrected chi connectivity index (χ4v) is 2.91. The second kappa shape index (κ2) is 7.39. The van der Waals surface area contributed by atoms with E-state index in [2.05, 4.69) is 10.6 Å². The zero-order chi connectivity index (χ0) is 14.4. The molecule has 1 saturated carbocycles. The van der Waals surface area contributed by atoms with Crippen molar-refractivity contribution in [1.82, 2.24) is 10.6 Å². The lowest BCUT2D eigenvalue weighted by Crippen LogP contribution is -2.43. The Bertz CT molecular complexity index is 455. The zero-order valence-corrected chi connectivity index (χ0v) is 12.7. The number of amides is 1. The average molecular weight is 290 g/mol. The molecule has 0 heterocycles. The van der Waals surface area contributed by atoms with Crippen molar-refractivity contribution < 1.29 is 4.79 Å². The lowest BCUT2D eigenvalue weighted by molar-refractivity contribution is -0.124.